The summed E-state index contributed by atoms with van der Waals surface area (Å²) in [6.07, 6.45) is 3.77. The molecule has 2 rings (SSSR count). The van der Waals surface area contributed by atoms with E-state index in [1.165, 1.54) is 26.4 Å². The molecule has 0 aliphatic rings. The van der Waals surface area contributed by atoms with Crippen LogP contribution in [0.5, 0.6) is 11.5 Å². The maximum Gasteiger partial charge on any atom is 0.305 e. The number of methoxy groups -OCH3 is 2. The van der Waals surface area contributed by atoms with Crippen LogP contribution in [0.3, 0.4) is 0 Å². The summed E-state index contributed by atoms with van der Waals surface area (Å²) >= 11 is 3.43. The minimum Gasteiger partial charge on any atom is -0.493 e. The van der Waals surface area contributed by atoms with Gasteiger partial charge in [-0.3, -0.25) is 9.59 Å². The van der Waals surface area contributed by atoms with E-state index < -0.39 is 0 Å². The summed E-state index contributed by atoms with van der Waals surface area (Å²) in [4.78, 5) is 22.9. The Hall–Kier alpha value is -2.87. The van der Waals surface area contributed by atoms with Gasteiger partial charge in [-0.15, -0.1) is 0 Å². The normalized spacial score (nSPS) is 10.7. The van der Waals surface area contributed by atoms with Crippen molar-refractivity contribution in [2.75, 3.05) is 20.8 Å². The first-order valence-electron chi connectivity index (χ1n) is 9.21. The van der Waals surface area contributed by atoms with Gasteiger partial charge in [0.05, 0.1) is 18.7 Å². The first kappa shape index (κ1) is 23.4. The molecule has 6 nitrogen and oxygen atoms in total. The Kier molecular flexibility index (Phi) is 9.34. The molecule has 0 heterocycles. The third kappa shape index (κ3) is 7.18. The lowest BCUT2D eigenvalue weighted by Crippen LogP contribution is -2.22. The SMILES string of the molecule is COC(=O)CCCNC(=O)/C=C/c1cc(Br)c(OCc2ccccc2F)c(OC)c1. The summed E-state index contributed by atoms with van der Waals surface area (Å²) < 4.78 is 30.1. The predicted octanol–water partition coefficient (Wildman–Crippen LogP) is 4.26. The van der Waals surface area contributed by atoms with E-state index in [1.807, 2.05) is 0 Å². The lowest BCUT2D eigenvalue weighted by molar-refractivity contribution is -0.140. The zero-order chi connectivity index (χ0) is 21.9. The molecule has 0 saturated heterocycles. The lowest BCUT2D eigenvalue weighted by atomic mass is 10.1. The number of rotatable bonds is 10. The highest BCUT2D eigenvalue weighted by Gasteiger charge is 2.12. The van der Waals surface area contributed by atoms with E-state index in [-0.39, 0.29) is 30.7 Å². The van der Waals surface area contributed by atoms with Gasteiger partial charge in [-0.2, -0.15) is 0 Å². The molecule has 160 valence electrons. The molecule has 2 aromatic rings. The Balaban J connectivity index is 1.98. The minimum atomic E-state index is -0.343. The molecular formula is C22H23BrFNO5. The van der Waals surface area contributed by atoms with Crippen LogP contribution >= 0.6 is 15.9 Å². The fourth-order valence-electron chi connectivity index (χ4n) is 2.52. The van der Waals surface area contributed by atoms with Crippen LogP contribution in [0.2, 0.25) is 0 Å². The number of amides is 1. The van der Waals surface area contributed by atoms with Gasteiger partial charge in [-0.05, 0) is 52.2 Å². The molecule has 1 N–H and O–H groups in total. The summed E-state index contributed by atoms with van der Waals surface area (Å²) in [5, 5.41) is 2.69. The third-order valence-electron chi connectivity index (χ3n) is 4.09. The number of carbonyl (C=O) groups is 2. The smallest absolute Gasteiger partial charge is 0.305 e. The van der Waals surface area contributed by atoms with Gasteiger partial charge < -0.3 is 19.5 Å². The van der Waals surface area contributed by atoms with E-state index in [1.54, 1.807) is 36.4 Å². The van der Waals surface area contributed by atoms with Gasteiger partial charge in [0, 0.05) is 24.6 Å². The lowest BCUT2D eigenvalue weighted by Gasteiger charge is -2.14. The number of halogens is 2. The van der Waals surface area contributed by atoms with Crippen LogP contribution in [0, 0.1) is 5.82 Å². The quantitative estimate of drug-likeness (QED) is 0.313. The zero-order valence-corrected chi connectivity index (χ0v) is 18.3. The van der Waals surface area contributed by atoms with Crippen molar-refractivity contribution in [3.05, 3.63) is 63.9 Å². The number of nitrogens with one attached hydrogen (secondary N) is 1. The van der Waals surface area contributed by atoms with E-state index in [0.29, 0.717) is 40.1 Å². The molecular weight excluding hydrogens is 457 g/mol. The van der Waals surface area contributed by atoms with E-state index in [0.717, 1.165) is 0 Å². The second-order valence-corrected chi connectivity index (χ2v) is 7.07. The molecule has 1 amide bonds. The van der Waals surface area contributed by atoms with E-state index in [4.69, 9.17) is 9.47 Å². The average molecular weight is 480 g/mol. The predicted molar refractivity (Wildman–Crippen MR) is 115 cm³/mol. The van der Waals surface area contributed by atoms with Crippen LogP contribution in [-0.4, -0.2) is 32.6 Å². The van der Waals surface area contributed by atoms with Crippen molar-refractivity contribution in [1.82, 2.24) is 5.32 Å². The van der Waals surface area contributed by atoms with Crippen LogP contribution in [-0.2, 0) is 20.9 Å². The van der Waals surface area contributed by atoms with Gasteiger partial charge in [0.2, 0.25) is 5.91 Å². The molecule has 8 heteroatoms. The van der Waals surface area contributed by atoms with Crippen molar-refractivity contribution in [3.8, 4) is 11.5 Å². The monoisotopic (exact) mass is 479 g/mol. The first-order valence-corrected chi connectivity index (χ1v) is 10.0. The van der Waals surface area contributed by atoms with Crippen LogP contribution < -0.4 is 14.8 Å². The maximum absolute atomic E-state index is 13.8. The molecule has 0 atom stereocenters. The molecule has 0 saturated carbocycles. The Morgan fingerprint density at radius 2 is 1.97 bits per heavy atom. The van der Waals surface area contributed by atoms with Crippen LogP contribution in [0.4, 0.5) is 4.39 Å². The number of ether oxygens (including phenoxy) is 3. The fourth-order valence-corrected chi connectivity index (χ4v) is 3.09. The molecule has 0 aliphatic heterocycles. The number of benzene rings is 2. The van der Waals surface area contributed by atoms with Gasteiger partial charge in [0.25, 0.3) is 0 Å². The van der Waals surface area contributed by atoms with Crippen molar-refractivity contribution in [2.45, 2.75) is 19.4 Å². The highest BCUT2D eigenvalue weighted by Crippen LogP contribution is 2.37. The van der Waals surface area contributed by atoms with Gasteiger partial charge in [-0.1, -0.05) is 18.2 Å². The summed E-state index contributed by atoms with van der Waals surface area (Å²) in [6, 6.07) is 9.85. The molecule has 0 aliphatic carbocycles. The molecule has 0 aromatic heterocycles. The second-order valence-electron chi connectivity index (χ2n) is 6.22. The minimum absolute atomic E-state index is 0.0464. The Morgan fingerprint density at radius 3 is 2.67 bits per heavy atom. The largest absolute Gasteiger partial charge is 0.493 e. The number of esters is 1. The van der Waals surface area contributed by atoms with Crippen LogP contribution in [0.1, 0.15) is 24.0 Å². The van der Waals surface area contributed by atoms with Crippen molar-refractivity contribution in [3.63, 3.8) is 0 Å². The summed E-state index contributed by atoms with van der Waals surface area (Å²) in [5.74, 6) is -0.0577. The molecule has 0 bridgehead atoms. The van der Waals surface area contributed by atoms with Crippen molar-refractivity contribution in [2.24, 2.45) is 0 Å². The summed E-state index contributed by atoms with van der Waals surface area (Å²) in [5.41, 5.74) is 1.14. The number of hydrogen-bond acceptors (Lipinski definition) is 5. The number of carbonyl (C=O) groups excluding carboxylic acids is 2. The average Bonchev–Trinajstić information content (AvgIpc) is 2.74. The highest BCUT2D eigenvalue weighted by molar-refractivity contribution is 9.10. The second kappa shape index (κ2) is 12.0. The van der Waals surface area contributed by atoms with Gasteiger partial charge in [0.1, 0.15) is 12.4 Å². The molecule has 0 spiro atoms. The molecule has 0 radical (unpaired) electrons. The van der Waals surface area contributed by atoms with E-state index >= 15 is 0 Å². The highest BCUT2D eigenvalue weighted by atomic mass is 79.9. The standard InChI is InChI=1S/C22H23BrFNO5/c1-28-19-13-15(9-10-20(26)25-11-5-8-21(27)29-2)12-17(23)22(19)30-14-16-6-3-4-7-18(16)24/h3-4,6-7,9-10,12-13H,5,8,11,14H2,1-2H3,(H,25,26)/b10-9+. The van der Waals surface area contributed by atoms with Crippen LogP contribution in [0.15, 0.2) is 46.9 Å². The van der Waals surface area contributed by atoms with Crippen molar-refractivity contribution >= 4 is 33.9 Å². The molecule has 2 aromatic carbocycles. The Morgan fingerprint density at radius 1 is 1.20 bits per heavy atom. The fraction of sp³-hybridized carbons (Fsp3) is 0.273. The maximum atomic E-state index is 13.8. The van der Waals surface area contributed by atoms with E-state index in [2.05, 4.69) is 26.0 Å². The molecule has 0 fully saturated rings. The number of hydrogen-bond donors (Lipinski definition) is 1. The van der Waals surface area contributed by atoms with E-state index in [9.17, 15) is 14.0 Å². The summed E-state index contributed by atoms with van der Waals surface area (Å²) in [6.45, 7) is 0.416. The Labute approximate surface area is 183 Å². The topological polar surface area (TPSA) is 73.9 Å². The molecule has 0 unspecified atom stereocenters. The van der Waals surface area contributed by atoms with Crippen molar-refractivity contribution in [1.29, 1.82) is 0 Å². The van der Waals surface area contributed by atoms with Gasteiger partial charge in [-0.25, -0.2) is 4.39 Å². The summed E-state index contributed by atoms with van der Waals surface area (Å²) in [7, 11) is 2.82. The van der Waals surface area contributed by atoms with Gasteiger partial charge >= 0.3 is 5.97 Å². The first-order chi connectivity index (χ1) is 14.4. The van der Waals surface area contributed by atoms with Crippen LogP contribution in [0.25, 0.3) is 6.08 Å². The Bertz CT molecular complexity index is 916. The third-order valence-corrected chi connectivity index (χ3v) is 4.68. The van der Waals surface area contributed by atoms with Gasteiger partial charge in [0.15, 0.2) is 11.5 Å². The molecule has 30 heavy (non-hydrogen) atoms. The zero-order valence-electron chi connectivity index (χ0n) is 16.7. The van der Waals surface area contributed by atoms with Crippen molar-refractivity contribution < 1.29 is 28.2 Å².